The second-order valence-electron chi connectivity index (χ2n) is 4.56. The summed E-state index contributed by atoms with van der Waals surface area (Å²) in [6.07, 6.45) is 0. The average molecular weight is 448 g/mol. The molecule has 1 fully saturated rings. The first-order chi connectivity index (χ1) is 10.6. The second kappa shape index (κ2) is 6.29. The van der Waals surface area contributed by atoms with Crippen LogP contribution in [0.1, 0.15) is 0 Å². The second-order valence-corrected chi connectivity index (χ2v) is 4.56. The van der Waals surface area contributed by atoms with E-state index < -0.39 is 52.7 Å². The number of carboxylic acid groups (broad SMARTS) is 1. The topological polar surface area (TPSA) is 40.5 Å². The summed E-state index contributed by atoms with van der Waals surface area (Å²) in [4.78, 5) is 5.70. The van der Waals surface area contributed by atoms with E-state index in [0.717, 1.165) is 0 Å². The van der Waals surface area contributed by atoms with Crippen LogP contribution < -0.4 is 0 Å². The van der Waals surface area contributed by atoms with E-state index in [0.29, 0.717) is 0 Å². The van der Waals surface area contributed by atoms with Crippen molar-refractivity contribution in [3.8, 4) is 0 Å². The van der Waals surface area contributed by atoms with E-state index in [2.05, 4.69) is 0 Å². The molecular formula is C8HF14KNO2. The van der Waals surface area contributed by atoms with E-state index in [-0.39, 0.29) is 51.4 Å². The molecule has 0 unspecified atom stereocenters. The molecule has 1 aliphatic rings. The number of halogens is 14. The fourth-order valence-electron chi connectivity index (χ4n) is 1.65. The third-order valence-electron chi connectivity index (χ3n) is 3.03. The van der Waals surface area contributed by atoms with Crippen molar-refractivity contribution in [2.24, 2.45) is 0 Å². The zero-order valence-electron chi connectivity index (χ0n) is 11.6. The standard InChI is InChI=1S/C8HF14NO2.K/c9-2(10,1(24)25)6(17,18)23-7(19,20)4(13,14)3(11,12)5(15,16)8(23,21)22;/h(H,24,25);. The maximum absolute atomic E-state index is 13.2. The fourth-order valence-corrected chi connectivity index (χ4v) is 1.65. The van der Waals surface area contributed by atoms with Crippen molar-refractivity contribution >= 4 is 57.4 Å². The molecule has 1 rings (SSSR count). The Kier molecular flexibility index (Phi) is 6.32. The zero-order chi connectivity index (χ0) is 20.7. The molecule has 0 aromatic heterocycles. The van der Waals surface area contributed by atoms with Crippen molar-refractivity contribution in [2.45, 2.75) is 41.8 Å². The van der Waals surface area contributed by atoms with E-state index >= 15 is 0 Å². The summed E-state index contributed by atoms with van der Waals surface area (Å²) in [5.74, 6) is -34.4. The summed E-state index contributed by atoms with van der Waals surface area (Å²) < 4.78 is 182. The van der Waals surface area contributed by atoms with Crippen LogP contribution in [0.2, 0.25) is 0 Å². The quantitative estimate of drug-likeness (QED) is 0.409. The van der Waals surface area contributed by atoms with Crippen LogP contribution in [0.25, 0.3) is 0 Å². The molecule has 149 valence electrons. The summed E-state index contributed by atoms with van der Waals surface area (Å²) >= 11 is 0. The van der Waals surface area contributed by atoms with E-state index in [9.17, 15) is 66.3 Å². The van der Waals surface area contributed by atoms with Crippen molar-refractivity contribution in [1.29, 1.82) is 0 Å². The van der Waals surface area contributed by atoms with Crippen LogP contribution in [0.3, 0.4) is 0 Å². The molecular weight excluding hydrogens is 447 g/mol. The molecule has 0 aliphatic carbocycles. The Morgan fingerprint density at radius 3 is 1.19 bits per heavy atom. The molecule has 26 heavy (non-hydrogen) atoms. The van der Waals surface area contributed by atoms with E-state index in [1.165, 1.54) is 0 Å². The van der Waals surface area contributed by atoms with Gasteiger partial charge in [-0.15, -0.1) is 4.90 Å². The van der Waals surface area contributed by atoms with Crippen molar-refractivity contribution in [3.05, 3.63) is 0 Å². The molecule has 0 atom stereocenters. The number of piperidine rings is 1. The number of carboxylic acids is 1. The van der Waals surface area contributed by atoms with Gasteiger partial charge in [0.25, 0.3) is 0 Å². The van der Waals surface area contributed by atoms with Crippen LogP contribution >= 0.6 is 0 Å². The number of hydrogen-bond donors (Lipinski definition) is 1. The summed E-state index contributed by atoms with van der Waals surface area (Å²) in [5.41, 5.74) is 0. The molecule has 1 saturated heterocycles. The largest absolute Gasteiger partial charge is 0.477 e. The van der Waals surface area contributed by atoms with Gasteiger partial charge in [-0.1, -0.05) is 0 Å². The summed E-state index contributed by atoms with van der Waals surface area (Å²) in [6.45, 7) is 0. The predicted molar refractivity (Wildman–Crippen MR) is 49.9 cm³/mol. The molecule has 0 spiro atoms. The maximum Gasteiger partial charge on any atom is 0.419 e. The first kappa shape index (κ1) is 26.1. The van der Waals surface area contributed by atoms with Gasteiger partial charge in [-0.2, -0.15) is 61.5 Å². The minimum Gasteiger partial charge on any atom is -0.477 e. The Balaban J connectivity index is 0.00000625. The molecule has 18 heteroatoms. The Morgan fingerprint density at radius 2 is 0.962 bits per heavy atom. The average Bonchev–Trinajstić information content (AvgIpc) is 2.34. The van der Waals surface area contributed by atoms with E-state index in [1.807, 2.05) is 0 Å². The summed E-state index contributed by atoms with van der Waals surface area (Å²) in [6, 6.07) is -23.1. The number of alkyl halides is 14. The van der Waals surface area contributed by atoms with Gasteiger partial charge >= 0.3 is 47.8 Å². The van der Waals surface area contributed by atoms with Crippen molar-refractivity contribution < 1.29 is 71.4 Å². The van der Waals surface area contributed by atoms with Gasteiger partial charge in [0.05, 0.1) is 0 Å². The van der Waals surface area contributed by atoms with Gasteiger partial charge in [0.15, 0.2) is 0 Å². The van der Waals surface area contributed by atoms with Crippen LogP contribution in [-0.2, 0) is 4.79 Å². The maximum atomic E-state index is 13.2. The van der Waals surface area contributed by atoms with Gasteiger partial charge in [0.2, 0.25) is 0 Å². The number of carbonyl (C=O) groups is 1. The van der Waals surface area contributed by atoms with Crippen LogP contribution in [0.4, 0.5) is 61.5 Å². The molecule has 3 nitrogen and oxygen atoms in total. The third-order valence-corrected chi connectivity index (χ3v) is 3.03. The van der Waals surface area contributed by atoms with Gasteiger partial charge in [-0.25, -0.2) is 4.79 Å². The molecule has 0 amide bonds. The third kappa shape index (κ3) is 2.69. The fraction of sp³-hybridized carbons (Fsp3) is 0.875. The van der Waals surface area contributed by atoms with E-state index in [1.54, 1.807) is 0 Å². The normalized spacial score (nSPS) is 26.7. The molecule has 0 aromatic rings. The molecule has 1 N–H and O–H groups in total. The van der Waals surface area contributed by atoms with Crippen LogP contribution in [0, 0.1) is 0 Å². The minimum absolute atomic E-state index is 0. The van der Waals surface area contributed by atoms with Crippen LogP contribution in [0.15, 0.2) is 0 Å². The van der Waals surface area contributed by atoms with Crippen LogP contribution in [-0.4, -0.2) is 109 Å². The van der Waals surface area contributed by atoms with Gasteiger partial charge < -0.3 is 5.11 Å². The minimum atomic E-state index is -7.73. The van der Waals surface area contributed by atoms with Gasteiger partial charge in [-0.3, -0.25) is 0 Å². The Bertz CT molecular complexity index is 559. The number of aliphatic carboxylic acids is 1. The molecule has 0 aromatic carbocycles. The number of rotatable bonds is 3. The first-order valence-electron chi connectivity index (χ1n) is 5.24. The Labute approximate surface area is 174 Å². The Hall–Kier alpha value is 0.0864. The predicted octanol–water partition coefficient (Wildman–Crippen LogP) is 3.33. The smallest absolute Gasteiger partial charge is 0.419 e. The molecule has 0 saturated carbocycles. The Morgan fingerprint density at radius 1 is 0.692 bits per heavy atom. The van der Waals surface area contributed by atoms with Gasteiger partial charge in [0, 0.05) is 51.4 Å². The molecule has 1 heterocycles. The van der Waals surface area contributed by atoms with Gasteiger partial charge in [-0.05, 0) is 0 Å². The molecule has 1 aliphatic heterocycles. The molecule has 1 radical (unpaired) electrons. The zero-order valence-corrected chi connectivity index (χ0v) is 14.7. The number of nitrogens with zero attached hydrogens (tertiary/aromatic N) is 1. The number of likely N-dealkylation sites (tertiary alicyclic amines) is 1. The van der Waals surface area contributed by atoms with Crippen LogP contribution in [0.5, 0.6) is 0 Å². The number of hydrogen-bond acceptors (Lipinski definition) is 2. The SMILES string of the molecule is O=C(O)C(F)(F)C(F)(F)N1C(F)(F)C(F)(F)C(F)(F)C(F)(F)C1(F)F.[K]. The van der Waals surface area contributed by atoms with Gasteiger partial charge in [0.1, 0.15) is 0 Å². The van der Waals surface area contributed by atoms with Crippen molar-refractivity contribution in [2.75, 3.05) is 0 Å². The monoisotopic (exact) mass is 448 g/mol. The van der Waals surface area contributed by atoms with E-state index in [4.69, 9.17) is 5.11 Å². The summed E-state index contributed by atoms with van der Waals surface area (Å²) in [7, 11) is 0. The summed E-state index contributed by atoms with van der Waals surface area (Å²) in [5, 5.41) is 7.74. The van der Waals surface area contributed by atoms with Crippen molar-refractivity contribution in [3.63, 3.8) is 0 Å². The molecule has 0 bridgehead atoms. The van der Waals surface area contributed by atoms with Crippen molar-refractivity contribution in [1.82, 2.24) is 4.90 Å². The first-order valence-corrected chi connectivity index (χ1v) is 5.24.